The lowest BCUT2D eigenvalue weighted by molar-refractivity contribution is -0.252. The van der Waals surface area contributed by atoms with Crippen molar-refractivity contribution in [3.05, 3.63) is 11.5 Å². The lowest BCUT2D eigenvalue weighted by Crippen LogP contribution is -2.51. The number of rotatable bonds is 0. The molecule has 0 aromatic carbocycles. The zero-order valence-corrected chi connectivity index (χ0v) is 13.0. The highest BCUT2D eigenvalue weighted by Gasteiger charge is 2.53. The fourth-order valence-corrected chi connectivity index (χ4v) is 3.89. The van der Waals surface area contributed by atoms with Crippen LogP contribution in [0.2, 0.25) is 0 Å². The van der Waals surface area contributed by atoms with E-state index in [2.05, 4.69) is 20.8 Å². The molecule has 20 heavy (non-hydrogen) atoms. The molecule has 112 valence electrons. The van der Waals surface area contributed by atoms with E-state index in [-0.39, 0.29) is 17.5 Å². The molecular formula is C16H24O4. The minimum absolute atomic E-state index is 0.195. The molecule has 4 nitrogen and oxygen atoms in total. The van der Waals surface area contributed by atoms with Gasteiger partial charge in [0.1, 0.15) is 11.2 Å². The molecule has 2 aliphatic heterocycles. The van der Waals surface area contributed by atoms with Gasteiger partial charge in [0, 0.05) is 25.7 Å². The number of carbonyl (C=O) groups is 1. The van der Waals surface area contributed by atoms with Crippen LogP contribution in [0, 0.1) is 17.8 Å². The summed E-state index contributed by atoms with van der Waals surface area (Å²) in [5, 5.41) is 0. The average molecular weight is 280 g/mol. The van der Waals surface area contributed by atoms with E-state index in [1.165, 1.54) is 6.42 Å². The smallest absolute Gasteiger partial charge is 0.344 e. The first kappa shape index (κ1) is 13.8. The van der Waals surface area contributed by atoms with E-state index >= 15 is 0 Å². The van der Waals surface area contributed by atoms with Crippen LogP contribution in [0.1, 0.15) is 53.9 Å². The summed E-state index contributed by atoms with van der Waals surface area (Å²) in [6, 6.07) is 0. The van der Waals surface area contributed by atoms with E-state index in [4.69, 9.17) is 14.2 Å². The largest absolute Gasteiger partial charge is 0.459 e. The van der Waals surface area contributed by atoms with E-state index in [0.717, 1.165) is 12.8 Å². The number of fused-ring (bicyclic) bond motifs is 2. The van der Waals surface area contributed by atoms with Crippen LogP contribution in [-0.4, -0.2) is 17.4 Å². The second kappa shape index (κ2) is 4.15. The van der Waals surface area contributed by atoms with Crippen molar-refractivity contribution in [1.82, 2.24) is 0 Å². The van der Waals surface area contributed by atoms with E-state index in [1.807, 2.05) is 0 Å². The number of hydrogen-bond donors (Lipinski definition) is 0. The van der Waals surface area contributed by atoms with Crippen molar-refractivity contribution in [3.63, 3.8) is 0 Å². The maximum absolute atomic E-state index is 12.4. The zero-order valence-electron chi connectivity index (χ0n) is 13.0. The summed E-state index contributed by atoms with van der Waals surface area (Å²) in [6.07, 6.45) is 3.29. The van der Waals surface area contributed by atoms with Crippen molar-refractivity contribution in [2.24, 2.45) is 17.8 Å². The molecule has 2 heterocycles. The van der Waals surface area contributed by atoms with Gasteiger partial charge in [-0.25, -0.2) is 4.79 Å². The number of ether oxygens (including phenoxy) is 3. The van der Waals surface area contributed by atoms with Gasteiger partial charge in [-0.1, -0.05) is 13.3 Å². The lowest BCUT2D eigenvalue weighted by atomic mass is 9.64. The Morgan fingerprint density at radius 3 is 2.45 bits per heavy atom. The summed E-state index contributed by atoms with van der Waals surface area (Å²) in [5.41, 5.74) is 0.331. The van der Waals surface area contributed by atoms with Gasteiger partial charge in [0.2, 0.25) is 0 Å². The fraction of sp³-hybridized carbons (Fsp3) is 0.812. The van der Waals surface area contributed by atoms with Crippen LogP contribution in [0.3, 0.4) is 0 Å². The third-order valence-electron chi connectivity index (χ3n) is 4.85. The van der Waals surface area contributed by atoms with Gasteiger partial charge in [0.25, 0.3) is 11.7 Å². The predicted octanol–water partition coefficient (Wildman–Crippen LogP) is 3.37. The van der Waals surface area contributed by atoms with Crippen molar-refractivity contribution in [3.8, 4) is 0 Å². The number of cyclic esters (lactones) is 1. The number of hydrogen-bond acceptors (Lipinski definition) is 4. The van der Waals surface area contributed by atoms with Gasteiger partial charge in [-0.2, -0.15) is 0 Å². The van der Waals surface area contributed by atoms with Crippen molar-refractivity contribution >= 4 is 5.97 Å². The molecule has 3 aliphatic rings. The monoisotopic (exact) mass is 280 g/mol. The second-order valence-electron chi connectivity index (χ2n) is 7.43. The van der Waals surface area contributed by atoms with E-state index in [1.54, 1.807) is 13.8 Å². The standard InChI is InChI=1S/C16H24O4/c1-9-6-7-11-10(8-9)12-13(17)18-16(4,5)20-14(12)19-15(11,2)3/h9-11H,6-8H2,1-5H3. The topological polar surface area (TPSA) is 44.8 Å². The molecule has 0 saturated heterocycles. The van der Waals surface area contributed by atoms with Gasteiger partial charge in [0.05, 0.1) is 0 Å². The Hall–Kier alpha value is -1.19. The van der Waals surface area contributed by atoms with Crippen LogP contribution in [0.15, 0.2) is 11.5 Å². The van der Waals surface area contributed by atoms with Gasteiger partial charge in [-0.05, 0) is 32.6 Å². The summed E-state index contributed by atoms with van der Waals surface area (Å²) >= 11 is 0. The van der Waals surface area contributed by atoms with Crippen LogP contribution >= 0.6 is 0 Å². The highest BCUT2D eigenvalue weighted by atomic mass is 16.8. The summed E-state index contributed by atoms with van der Waals surface area (Å²) in [5.74, 6) is 0.360. The molecule has 1 aliphatic carbocycles. The van der Waals surface area contributed by atoms with Gasteiger partial charge >= 0.3 is 5.97 Å². The molecule has 0 N–H and O–H groups in total. The highest BCUT2D eigenvalue weighted by molar-refractivity contribution is 5.90. The third kappa shape index (κ3) is 2.09. The Kier molecular flexibility index (Phi) is 2.86. The first-order valence-corrected chi connectivity index (χ1v) is 7.55. The van der Waals surface area contributed by atoms with Gasteiger partial charge in [-0.3, -0.25) is 0 Å². The summed E-state index contributed by atoms with van der Waals surface area (Å²) < 4.78 is 17.2. The zero-order chi connectivity index (χ0) is 14.7. The van der Waals surface area contributed by atoms with Crippen molar-refractivity contribution in [1.29, 1.82) is 0 Å². The second-order valence-corrected chi connectivity index (χ2v) is 7.43. The van der Waals surface area contributed by atoms with Gasteiger partial charge < -0.3 is 14.2 Å². The van der Waals surface area contributed by atoms with E-state index in [0.29, 0.717) is 23.4 Å². The van der Waals surface area contributed by atoms with Crippen LogP contribution < -0.4 is 0 Å². The average Bonchev–Trinajstić information content (AvgIpc) is 2.24. The minimum atomic E-state index is -0.945. The van der Waals surface area contributed by atoms with Crippen LogP contribution in [0.4, 0.5) is 0 Å². The maximum Gasteiger partial charge on any atom is 0.344 e. The summed E-state index contributed by atoms with van der Waals surface area (Å²) in [7, 11) is 0. The predicted molar refractivity (Wildman–Crippen MR) is 73.4 cm³/mol. The molecule has 0 radical (unpaired) electrons. The van der Waals surface area contributed by atoms with Crippen molar-refractivity contribution in [2.45, 2.75) is 65.3 Å². The molecule has 0 aromatic heterocycles. The van der Waals surface area contributed by atoms with E-state index < -0.39 is 5.79 Å². The molecule has 3 atom stereocenters. The summed E-state index contributed by atoms with van der Waals surface area (Å²) in [4.78, 5) is 12.4. The number of esters is 1. The maximum atomic E-state index is 12.4. The Bertz CT molecular complexity index is 475. The Balaban J connectivity index is 2.04. The fourth-order valence-electron chi connectivity index (χ4n) is 3.89. The molecule has 3 rings (SSSR count). The Labute approximate surface area is 120 Å². The van der Waals surface area contributed by atoms with Crippen LogP contribution in [0.5, 0.6) is 0 Å². The molecule has 4 heteroatoms. The van der Waals surface area contributed by atoms with Crippen molar-refractivity contribution < 1.29 is 19.0 Å². The normalized spacial score (nSPS) is 38.0. The van der Waals surface area contributed by atoms with Crippen LogP contribution in [-0.2, 0) is 19.0 Å². The molecule has 3 unspecified atom stereocenters. The highest BCUT2D eigenvalue weighted by Crippen LogP contribution is 2.51. The van der Waals surface area contributed by atoms with Crippen LogP contribution in [0.25, 0.3) is 0 Å². The first-order valence-electron chi connectivity index (χ1n) is 7.55. The molecule has 0 aromatic rings. The quantitative estimate of drug-likeness (QED) is 0.638. The third-order valence-corrected chi connectivity index (χ3v) is 4.85. The summed E-state index contributed by atoms with van der Waals surface area (Å²) in [6.45, 7) is 9.92. The lowest BCUT2D eigenvalue weighted by Gasteiger charge is -2.50. The molecule has 0 spiro atoms. The molecule has 1 fully saturated rings. The van der Waals surface area contributed by atoms with E-state index in [9.17, 15) is 4.79 Å². The number of carbonyl (C=O) groups excluding carboxylic acids is 1. The van der Waals surface area contributed by atoms with Gasteiger partial charge in [0.15, 0.2) is 0 Å². The molecule has 0 bridgehead atoms. The Morgan fingerprint density at radius 2 is 1.75 bits per heavy atom. The molecular weight excluding hydrogens is 256 g/mol. The first-order chi connectivity index (χ1) is 9.20. The minimum Gasteiger partial charge on any atom is -0.459 e. The Morgan fingerprint density at radius 1 is 1.05 bits per heavy atom. The SMILES string of the molecule is CC1CCC2C(C1)C1=C(OC(C)(C)OC1=O)OC2(C)C. The van der Waals surface area contributed by atoms with Gasteiger partial charge in [-0.15, -0.1) is 0 Å². The molecule has 1 saturated carbocycles. The van der Waals surface area contributed by atoms with Crippen molar-refractivity contribution in [2.75, 3.05) is 0 Å². The molecule has 0 amide bonds.